The third kappa shape index (κ3) is 5.83. The molecule has 0 saturated carbocycles. The molecule has 0 atom stereocenters. The molecule has 4 heteroatoms. The van der Waals surface area contributed by atoms with Crippen molar-refractivity contribution in [3.63, 3.8) is 0 Å². The molecule has 3 nitrogen and oxygen atoms in total. The second-order valence-electron chi connectivity index (χ2n) is 4.55. The molecule has 19 heavy (non-hydrogen) atoms. The molecular weight excluding hydrogens is 306 g/mol. The van der Waals surface area contributed by atoms with E-state index in [0.717, 1.165) is 29.9 Å². The van der Waals surface area contributed by atoms with Gasteiger partial charge in [0.1, 0.15) is 6.61 Å². The van der Waals surface area contributed by atoms with Crippen molar-refractivity contribution in [1.29, 1.82) is 0 Å². The fraction of sp³-hybridized carbons (Fsp3) is 0.600. The van der Waals surface area contributed by atoms with Crippen molar-refractivity contribution in [3.05, 3.63) is 24.3 Å². The number of hydrogen-bond donors (Lipinski definition) is 0. The summed E-state index contributed by atoms with van der Waals surface area (Å²) in [4.78, 5) is 2.39. The van der Waals surface area contributed by atoms with Gasteiger partial charge in [-0.15, -0.1) is 0 Å². The van der Waals surface area contributed by atoms with Gasteiger partial charge in [-0.1, -0.05) is 28.1 Å². The van der Waals surface area contributed by atoms with Crippen molar-refractivity contribution in [3.8, 4) is 11.5 Å². The van der Waals surface area contributed by atoms with E-state index in [-0.39, 0.29) is 0 Å². The number of para-hydroxylation sites is 2. The zero-order valence-electron chi connectivity index (χ0n) is 12.1. The van der Waals surface area contributed by atoms with Gasteiger partial charge >= 0.3 is 0 Å². The average Bonchev–Trinajstić information content (AvgIpc) is 2.40. The second kappa shape index (κ2) is 9.21. The lowest BCUT2D eigenvalue weighted by Crippen LogP contribution is -2.36. The van der Waals surface area contributed by atoms with Crippen molar-refractivity contribution < 1.29 is 9.47 Å². The van der Waals surface area contributed by atoms with E-state index < -0.39 is 0 Å². The van der Waals surface area contributed by atoms with E-state index in [2.05, 4.69) is 34.7 Å². The SMILES string of the molecule is CCOc1ccccc1OCCN(CCBr)C(C)C. The predicted molar refractivity (Wildman–Crippen MR) is 83.6 cm³/mol. The number of halogens is 1. The molecule has 0 amide bonds. The first-order chi connectivity index (χ1) is 9.19. The molecule has 0 aliphatic heterocycles. The fourth-order valence-electron chi connectivity index (χ4n) is 1.85. The lowest BCUT2D eigenvalue weighted by molar-refractivity contribution is 0.181. The van der Waals surface area contributed by atoms with Gasteiger partial charge in [0.25, 0.3) is 0 Å². The van der Waals surface area contributed by atoms with Gasteiger partial charge in [-0.05, 0) is 32.9 Å². The van der Waals surface area contributed by atoms with Crippen molar-refractivity contribution in [1.82, 2.24) is 4.90 Å². The summed E-state index contributed by atoms with van der Waals surface area (Å²) in [5.41, 5.74) is 0. The first-order valence-corrected chi connectivity index (χ1v) is 7.95. The highest BCUT2D eigenvalue weighted by atomic mass is 79.9. The molecule has 108 valence electrons. The van der Waals surface area contributed by atoms with Crippen LogP contribution in [0.5, 0.6) is 11.5 Å². The first-order valence-electron chi connectivity index (χ1n) is 6.83. The first kappa shape index (κ1) is 16.3. The summed E-state index contributed by atoms with van der Waals surface area (Å²) in [5.74, 6) is 1.65. The Kier molecular flexibility index (Phi) is 7.91. The summed E-state index contributed by atoms with van der Waals surface area (Å²) in [6, 6.07) is 8.36. The molecule has 0 unspecified atom stereocenters. The van der Waals surface area contributed by atoms with Gasteiger partial charge < -0.3 is 9.47 Å². The van der Waals surface area contributed by atoms with Crippen LogP contribution in [0.1, 0.15) is 20.8 Å². The Morgan fingerprint density at radius 2 is 1.74 bits per heavy atom. The molecule has 0 aliphatic rings. The Hall–Kier alpha value is -0.740. The molecule has 1 aromatic rings. The van der Waals surface area contributed by atoms with Gasteiger partial charge in [0, 0.05) is 24.5 Å². The van der Waals surface area contributed by atoms with Crippen LogP contribution in [0.2, 0.25) is 0 Å². The zero-order valence-corrected chi connectivity index (χ0v) is 13.6. The summed E-state index contributed by atoms with van der Waals surface area (Å²) in [7, 11) is 0. The quantitative estimate of drug-likeness (QED) is 0.646. The van der Waals surface area contributed by atoms with Crippen molar-refractivity contribution in [2.24, 2.45) is 0 Å². The molecule has 0 radical (unpaired) electrons. The van der Waals surface area contributed by atoms with Crippen LogP contribution in [0.25, 0.3) is 0 Å². The van der Waals surface area contributed by atoms with Gasteiger partial charge in [0.05, 0.1) is 6.61 Å². The van der Waals surface area contributed by atoms with Crippen LogP contribution in [0.4, 0.5) is 0 Å². The summed E-state index contributed by atoms with van der Waals surface area (Å²) in [6.45, 7) is 9.68. The second-order valence-corrected chi connectivity index (χ2v) is 5.34. The topological polar surface area (TPSA) is 21.7 Å². The summed E-state index contributed by atoms with van der Waals surface area (Å²) < 4.78 is 11.4. The van der Waals surface area contributed by atoms with Crippen LogP contribution >= 0.6 is 15.9 Å². The van der Waals surface area contributed by atoms with Gasteiger partial charge in [-0.25, -0.2) is 0 Å². The van der Waals surface area contributed by atoms with Gasteiger partial charge in [-0.2, -0.15) is 0 Å². The van der Waals surface area contributed by atoms with E-state index in [1.54, 1.807) is 0 Å². The summed E-state index contributed by atoms with van der Waals surface area (Å²) in [5, 5.41) is 0.987. The molecule has 1 aromatic carbocycles. The molecule has 0 saturated heterocycles. The van der Waals surface area contributed by atoms with E-state index in [1.807, 2.05) is 31.2 Å². The predicted octanol–water partition coefficient (Wildman–Crippen LogP) is 3.57. The number of benzene rings is 1. The third-order valence-corrected chi connectivity index (χ3v) is 3.24. The zero-order chi connectivity index (χ0) is 14.1. The van der Waals surface area contributed by atoms with Crippen molar-refractivity contribution >= 4 is 15.9 Å². The third-order valence-electron chi connectivity index (χ3n) is 2.89. The monoisotopic (exact) mass is 329 g/mol. The van der Waals surface area contributed by atoms with E-state index in [0.29, 0.717) is 19.3 Å². The standard InChI is InChI=1S/C15H24BrNO2/c1-4-18-14-7-5-6-8-15(14)19-12-11-17(10-9-16)13(2)3/h5-8,13H,4,9-12H2,1-3H3. The van der Waals surface area contributed by atoms with Gasteiger partial charge in [0.2, 0.25) is 0 Å². The maximum Gasteiger partial charge on any atom is 0.161 e. The minimum absolute atomic E-state index is 0.531. The van der Waals surface area contributed by atoms with Gasteiger partial charge in [0.15, 0.2) is 11.5 Å². The highest BCUT2D eigenvalue weighted by Crippen LogP contribution is 2.26. The summed E-state index contributed by atoms with van der Waals surface area (Å²) in [6.07, 6.45) is 0. The van der Waals surface area contributed by atoms with Crippen LogP contribution in [-0.4, -0.2) is 42.6 Å². The lowest BCUT2D eigenvalue weighted by Gasteiger charge is -2.25. The normalized spacial score (nSPS) is 11.1. The summed E-state index contributed by atoms with van der Waals surface area (Å²) >= 11 is 3.48. The Morgan fingerprint density at radius 3 is 2.26 bits per heavy atom. The van der Waals surface area contributed by atoms with Gasteiger partial charge in [-0.3, -0.25) is 4.90 Å². The number of nitrogens with zero attached hydrogens (tertiary/aromatic N) is 1. The molecule has 0 N–H and O–H groups in total. The number of hydrogen-bond acceptors (Lipinski definition) is 3. The molecule has 0 aliphatic carbocycles. The van der Waals surface area contributed by atoms with Crippen LogP contribution < -0.4 is 9.47 Å². The highest BCUT2D eigenvalue weighted by molar-refractivity contribution is 9.09. The molecule has 0 fully saturated rings. The number of rotatable bonds is 9. The molecule has 0 aromatic heterocycles. The minimum Gasteiger partial charge on any atom is -0.490 e. The van der Waals surface area contributed by atoms with E-state index in [9.17, 15) is 0 Å². The minimum atomic E-state index is 0.531. The maximum absolute atomic E-state index is 5.83. The smallest absolute Gasteiger partial charge is 0.161 e. The van der Waals surface area contributed by atoms with Crippen LogP contribution in [0, 0.1) is 0 Å². The van der Waals surface area contributed by atoms with Crippen LogP contribution in [-0.2, 0) is 0 Å². The van der Waals surface area contributed by atoms with E-state index >= 15 is 0 Å². The van der Waals surface area contributed by atoms with Crippen LogP contribution in [0.15, 0.2) is 24.3 Å². The molecular formula is C15H24BrNO2. The van der Waals surface area contributed by atoms with E-state index in [4.69, 9.17) is 9.47 Å². The fourth-order valence-corrected chi connectivity index (χ4v) is 2.31. The van der Waals surface area contributed by atoms with Crippen molar-refractivity contribution in [2.75, 3.05) is 31.6 Å². The Bertz CT molecular complexity index is 358. The molecule has 0 spiro atoms. The lowest BCUT2D eigenvalue weighted by atomic mass is 10.3. The Labute approximate surface area is 125 Å². The Balaban J connectivity index is 2.47. The number of alkyl halides is 1. The molecule has 1 rings (SSSR count). The molecule has 0 bridgehead atoms. The van der Waals surface area contributed by atoms with Crippen molar-refractivity contribution in [2.45, 2.75) is 26.8 Å². The van der Waals surface area contributed by atoms with E-state index in [1.165, 1.54) is 0 Å². The maximum atomic E-state index is 5.83. The Morgan fingerprint density at radius 1 is 1.11 bits per heavy atom. The number of ether oxygens (including phenoxy) is 2. The average molecular weight is 330 g/mol. The highest BCUT2D eigenvalue weighted by Gasteiger charge is 2.09. The molecule has 0 heterocycles. The largest absolute Gasteiger partial charge is 0.490 e. The van der Waals surface area contributed by atoms with Crippen LogP contribution in [0.3, 0.4) is 0 Å².